The molecule has 0 fully saturated rings. The zero-order valence-electron chi connectivity index (χ0n) is 17.8. The molecule has 4 rings (SSSR count). The highest BCUT2D eigenvalue weighted by atomic mass is 16.5. The smallest absolute Gasteiger partial charge is 0.119 e. The van der Waals surface area contributed by atoms with Crippen LogP contribution < -0.4 is 20.9 Å². The van der Waals surface area contributed by atoms with Crippen LogP contribution in [0, 0.1) is 0 Å². The highest BCUT2D eigenvalue weighted by Crippen LogP contribution is 2.20. The molecule has 162 valence electrons. The average Bonchev–Trinajstić information content (AvgIpc) is 2.87. The van der Waals surface area contributed by atoms with Crippen LogP contribution in [0.25, 0.3) is 11.4 Å². The van der Waals surface area contributed by atoms with Crippen molar-refractivity contribution in [2.24, 2.45) is 11.5 Å². The maximum Gasteiger partial charge on any atom is 0.119 e. The molecule has 2 aromatic heterocycles. The Morgan fingerprint density at radius 3 is 1.31 bits per heavy atom. The van der Waals surface area contributed by atoms with Gasteiger partial charge in [0.05, 0.1) is 11.4 Å². The molecule has 6 nitrogen and oxygen atoms in total. The molecule has 0 bridgehead atoms. The van der Waals surface area contributed by atoms with Gasteiger partial charge in [0.2, 0.25) is 0 Å². The summed E-state index contributed by atoms with van der Waals surface area (Å²) in [7, 11) is 0. The molecule has 0 unspecified atom stereocenters. The van der Waals surface area contributed by atoms with Crippen molar-refractivity contribution in [3.8, 4) is 22.9 Å². The summed E-state index contributed by atoms with van der Waals surface area (Å²) >= 11 is 0. The molecule has 4 aromatic rings. The van der Waals surface area contributed by atoms with Gasteiger partial charge in [-0.2, -0.15) is 0 Å². The zero-order chi connectivity index (χ0) is 22.2. The van der Waals surface area contributed by atoms with Gasteiger partial charge in [-0.25, -0.2) is 0 Å². The molecule has 0 aliphatic heterocycles. The van der Waals surface area contributed by atoms with E-state index < -0.39 is 0 Å². The summed E-state index contributed by atoms with van der Waals surface area (Å²) in [6, 6.07) is 23.5. The van der Waals surface area contributed by atoms with E-state index in [1.54, 1.807) is 12.4 Å². The first-order valence-corrected chi connectivity index (χ1v) is 10.5. The van der Waals surface area contributed by atoms with Gasteiger partial charge in [0.25, 0.3) is 0 Å². The fourth-order valence-corrected chi connectivity index (χ4v) is 3.19. The van der Waals surface area contributed by atoms with E-state index in [2.05, 4.69) is 9.97 Å². The lowest BCUT2D eigenvalue weighted by molar-refractivity contribution is 0.306. The van der Waals surface area contributed by atoms with Crippen molar-refractivity contribution >= 4 is 0 Å². The molecular formula is C26H26N4O2. The third-order valence-corrected chi connectivity index (χ3v) is 5.04. The Bertz CT molecular complexity index is 1050. The van der Waals surface area contributed by atoms with E-state index >= 15 is 0 Å². The predicted molar refractivity (Wildman–Crippen MR) is 125 cm³/mol. The second kappa shape index (κ2) is 10.5. The van der Waals surface area contributed by atoms with Gasteiger partial charge in [0.15, 0.2) is 0 Å². The number of nitrogens with two attached hydrogens (primary N) is 2. The van der Waals surface area contributed by atoms with E-state index in [0.29, 0.717) is 26.3 Å². The Labute approximate surface area is 187 Å². The first-order chi connectivity index (χ1) is 15.7. The lowest BCUT2D eigenvalue weighted by Gasteiger charge is -2.10. The lowest BCUT2D eigenvalue weighted by atomic mass is 10.1. The summed E-state index contributed by atoms with van der Waals surface area (Å²) in [6.45, 7) is 1.93. The number of benzene rings is 2. The minimum Gasteiger partial charge on any atom is -0.489 e. The summed E-state index contributed by atoms with van der Waals surface area (Å²) < 4.78 is 11.8. The molecule has 0 aliphatic carbocycles. The molecule has 0 radical (unpaired) electrons. The quantitative estimate of drug-likeness (QED) is 0.416. The standard InChI is InChI=1S/C26H26N4O2/c27-15-19-1-5-23(6-2-19)31-17-21-9-11-29-25(13-21)26-14-22(10-12-30-26)18-32-24-7-3-20(16-28)4-8-24/h1-14H,15-18,27-28H2. The second-order valence-corrected chi connectivity index (χ2v) is 7.37. The van der Waals surface area contributed by atoms with Crippen LogP contribution >= 0.6 is 0 Å². The van der Waals surface area contributed by atoms with Crippen LogP contribution in [0.15, 0.2) is 85.2 Å². The maximum absolute atomic E-state index is 5.89. The van der Waals surface area contributed by atoms with Crippen molar-refractivity contribution < 1.29 is 9.47 Å². The van der Waals surface area contributed by atoms with Crippen molar-refractivity contribution in [3.63, 3.8) is 0 Å². The van der Waals surface area contributed by atoms with Gasteiger partial charge in [-0.15, -0.1) is 0 Å². The van der Waals surface area contributed by atoms with Crippen LogP contribution in [-0.4, -0.2) is 9.97 Å². The molecule has 0 aliphatic rings. The van der Waals surface area contributed by atoms with Crippen LogP contribution in [0.2, 0.25) is 0 Å². The number of nitrogens with zero attached hydrogens (tertiary/aromatic N) is 2. The minimum atomic E-state index is 0.444. The third kappa shape index (κ3) is 5.69. The van der Waals surface area contributed by atoms with Gasteiger partial charge in [0.1, 0.15) is 24.7 Å². The Hall–Kier alpha value is -3.74. The molecule has 32 heavy (non-hydrogen) atoms. The van der Waals surface area contributed by atoms with Crippen molar-refractivity contribution in [3.05, 3.63) is 107 Å². The van der Waals surface area contributed by atoms with Crippen molar-refractivity contribution in [2.45, 2.75) is 26.3 Å². The summed E-state index contributed by atoms with van der Waals surface area (Å²) in [6.07, 6.45) is 3.55. The number of ether oxygens (including phenoxy) is 2. The normalized spacial score (nSPS) is 10.7. The molecule has 2 heterocycles. The number of hydrogen-bond donors (Lipinski definition) is 2. The first kappa shape index (κ1) is 21.5. The number of aromatic nitrogens is 2. The number of hydrogen-bond acceptors (Lipinski definition) is 6. The van der Waals surface area contributed by atoms with Crippen LogP contribution in [-0.2, 0) is 26.3 Å². The number of pyridine rings is 2. The van der Waals surface area contributed by atoms with Gasteiger partial charge in [-0.3, -0.25) is 9.97 Å². The summed E-state index contributed by atoms with van der Waals surface area (Å²) in [4.78, 5) is 8.96. The topological polar surface area (TPSA) is 96.3 Å². The molecule has 0 saturated carbocycles. The third-order valence-electron chi connectivity index (χ3n) is 5.04. The van der Waals surface area contributed by atoms with Gasteiger partial charge < -0.3 is 20.9 Å². The highest BCUT2D eigenvalue weighted by molar-refractivity contribution is 5.55. The Kier molecular flexibility index (Phi) is 7.07. The monoisotopic (exact) mass is 426 g/mol. The van der Waals surface area contributed by atoms with E-state index in [-0.39, 0.29) is 0 Å². The SMILES string of the molecule is NCc1ccc(OCc2ccnc(-c3cc(COc4ccc(CN)cc4)ccn3)c2)cc1. The minimum absolute atomic E-state index is 0.444. The highest BCUT2D eigenvalue weighted by Gasteiger charge is 2.06. The van der Waals surface area contributed by atoms with E-state index in [4.69, 9.17) is 20.9 Å². The van der Waals surface area contributed by atoms with E-state index in [1.807, 2.05) is 72.8 Å². The summed E-state index contributed by atoms with van der Waals surface area (Å²) in [5, 5.41) is 0. The van der Waals surface area contributed by atoms with E-state index in [0.717, 1.165) is 45.1 Å². The molecule has 2 aromatic carbocycles. The van der Waals surface area contributed by atoms with Crippen LogP contribution in [0.4, 0.5) is 0 Å². The van der Waals surface area contributed by atoms with Crippen LogP contribution in [0.5, 0.6) is 11.5 Å². The maximum atomic E-state index is 5.89. The van der Waals surface area contributed by atoms with Crippen LogP contribution in [0.1, 0.15) is 22.3 Å². The van der Waals surface area contributed by atoms with Crippen LogP contribution in [0.3, 0.4) is 0 Å². The Morgan fingerprint density at radius 2 is 0.938 bits per heavy atom. The number of rotatable bonds is 9. The van der Waals surface area contributed by atoms with Crippen molar-refractivity contribution in [1.82, 2.24) is 9.97 Å². The lowest BCUT2D eigenvalue weighted by Crippen LogP contribution is -2.00. The van der Waals surface area contributed by atoms with E-state index in [9.17, 15) is 0 Å². The Morgan fingerprint density at radius 1 is 0.531 bits per heavy atom. The Balaban J connectivity index is 1.40. The molecule has 0 saturated heterocycles. The molecule has 0 amide bonds. The van der Waals surface area contributed by atoms with Gasteiger partial charge in [-0.05, 0) is 70.8 Å². The van der Waals surface area contributed by atoms with E-state index in [1.165, 1.54) is 0 Å². The first-order valence-electron chi connectivity index (χ1n) is 10.5. The molecule has 4 N–H and O–H groups in total. The summed E-state index contributed by atoms with van der Waals surface area (Å²) in [5.74, 6) is 1.61. The average molecular weight is 427 g/mol. The summed E-state index contributed by atoms with van der Waals surface area (Å²) in [5.41, 5.74) is 17.0. The molecule has 0 spiro atoms. The van der Waals surface area contributed by atoms with Gasteiger partial charge in [0, 0.05) is 25.5 Å². The fraction of sp³-hybridized carbons (Fsp3) is 0.154. The zero-order valence-corrected chi connectivity index (χ0v) is 17.8. The van der Waals surface area contributed by atoms with Gasteiger partial charge >= 0.3 is 0 Å². The largest absolute Gasteiger partial charge is 0.489 e. The predicted octanol–water partition coefficient (Wildman–Crippen LogP) is 4.22. The second-order valence-electron chi connectivity index (χ2n) is 7.37. The van der Waals surface area contributed by atoms with Gasteiger partial charge in [-0.1, -0.05) is 24.3 Å². The molecule has 6 heteroatoms. The molecule has 0 atom stereocenters. The molecular weight excluding hydrogens is 400 g/mol. The van der Waals surface area contributed by atoms with Crippen molar-refractivity contribution in [1.29, 1.82) is 0 Å². The van der Waals surface area contributed by atoms with Crippen molar-refractivity contribution in [2.75, 3.05) is 0 Å². The fourth-order valence-electron chi connectivity index (χ4n) is 3.19.